The summed E-state index contributed by atoms with van der Waals surface area (Å²) in [7, 11) is 1.57. The molecule has 1 saturated heterocycles. The van der Waals surface area contributed by atoms with E-state index >= 15 is 0 Å². The van der Waals surface area contributed by atoms with Gasteiger partial charge in [-0.05, 0) is 48.6 Å². The topological polar surface area (TPSA) is 61.8 Å². The third-order valence-corrected chi connectivity index (χ3v) is 3.86. The van der Waals surface area contributed by atoms with Crippen molar-refractivity contribution in [1.82, 2.24) is 0 Å². The molecule has 0 N–H and O–H groups in total. The van der Waals surface area contributed by atoms with Crippen molar-refractivity contribution < 1.29 is 23.8 Å². The van der Waals surface area contributed by atoms with E-state index < -0.39 is 17.7 Å². The Labute approximate surface area is 128 Å². The van der Waals surface area contributed by atoms with Crippen LogP contribution >= 0.6 is 0 Å². The molecule has 116 valence electrons. The second-order valence-electron chi connectivity index (χ2n) is 5.95. The van der Waals surface area contributed by atoms with E-state index in [4.69, 9.17) is 14.2 Å². The van der Waals surface area contributed by atoms with Crippen molar-refractivity contribution in [2.24, 2.45) is 0 Å². The van der Waals surface area contributed by atoms with Crippen molar-refractivity contribution in [3.05, 3.63) is 34.4 Å². The maximum Gasteiger partial charge on any atom is 0.348 e. The largest absolute Gasteiger partial charge is 0.496 e. The highest BCUT2D eigenvalue weighted by atomic mass is 16.7. The van der Waals surface area contributed by atoms with Crippen LogP contribution in [0.25, 0.3) is 6.08 Å². The zero-order valence-corrected chi connectivity index (χ0v) is 12.9. The molecular weight excluding hydrogens is 284 g/mol. The van der Waals surface area contributed by atoms with Gasteiger partial charge >= 0.3 is 11.9 Å². The fraction of sp³-hybridized carbons (Fsp3) is 0.412. The van der Waals surface area contributed by atoms with Crippen molar-refractivity contribution in [2.75, 3.05) is 7.11 Å². The lowest BCUT2D eigenvalue weighted by molar-refractivity contribution is -0.222. The van der Waals surface area contributed by atoms with E-state index in [1.165, 1.54) is 31.1 Å². The molecule has 1 aromatic carbocycles. The van der Waals surface area contributed by atoms with Gasteiger partial charge in [-0.15, -0.1) is 0 Å². The highest BCUT2D eigenvalue weighted by Crippen LogP contribution is 2.32. The summed E-state index contributed by atoms with van der Waals surface area (Å²) in [4.78, 5) is 24.1. The maximum absolute atomic E-state index is 12.0. The minimum atomic E-state index is -1.23. The zero-order valence-electron chi connectivity index (χ0n) is 12.9. The number of cyclic esters (lactones) is 2. The van der Waals surface area contributed by atoms with Crippen LogP contribution in [0.3, 0.4) is 0 Å². The molecule has 2 aliphatic rings. The van der Waals surface area contributed by atoms with E-state index in [2.05, 4.69) is 0 Å². The van der Waals surface area contributed by atoms with E-state index in [1.54, 1.807) is 7.11 Å². The molecule has 5 nitrogen and oxygen atoms in total. The molecule has 3 rings (SSSR count). The molecule has 0 bridgehead atoms. The lowest BCUT2D eigenvalue weighted by atomic mass is 10.0. The minimum absolute atomic E-state index is 0.115. The molecule has 1 heterocycles. The van der Waals surface area contributed by atoms with Gasteiger partial charge in [0.2, 0.25) is 0 Å². The van der Waals surface area contributed by atoms with Crippen molar-refractivity contribution in [3.63, 3.8) is 0 Å². The Kier molecular flexibility index (Phi) is 3.43. The second-order valence-corrected chi connectivity index (χ2v) is 5.95. The highest BCUT2D eigenvalue weighted by molar-refractivity contribution is 6.19. The summed E-state index contributed by atoms with van der Waals surface area (Å²) in [5, 5.41) is 0. The number of rotatable bonds is 2. The monoisotopic (exact) mass is 302 g/mol. The van der Waals surface area contributed by atoms with Crippen LogP contribution < -0.4 is 4.74 Å². The molecular formula is C17H18O5. The van der Waals surface area contributed by atoms with Gasteiger partial charge in [-0.2, -0.15) is 0 Å². The highest BCUT2D eigenvalue weighted by Gasteiger charge is 2.39. The summed E-state index contributed by atoms with van der Waals surface area (Å²) < 4.78 is 15.6. The van der Waals surface area contributed by atoms with Gasteiger partial charge in [-0.1, -0.05) is 0 Å². The van der Waals surface area contributed by atoms with Gasteiger partial charge in [0.15, 0.2) is 0 Å². The van der Waals surface area contributed by atoms with Crippen molar-refractivity contribution in [1.29, 1.82) is 0 Å². The predicted molar refractivity (Wildman–Crippen MR) is 79.3 cm³/mol. The van der Waals surface area contributed by atoms with Gasteiger partial charge in [-0.25, -0.2) is 9.59 Å². The third kappa shape index (κ3) is 2.58. The first kappa shape index (κ1) is 14.6. The summed E-state index contributed by atoms with van der Waals surface area (Å²) >= 11 is 0. The SMILES string of the molecule is COc1cc2c(cc1C=C1C(=O)OC(C)(C)OC1=O)CCC2. The lowest BCUT2D eigenvalue weighted by Crippen LogP contribution is -2.41. The first-order chi connectivity index (χ1) is 10.4. The fourth-order valence-electron chi connectivity index (χ4n) is 2.84. The molecule has 1 fully saturated rings. The van der Waals surface area contributed by atoms with Crippen LogP contribution in [0.1, 0.15) is 37.0 Å². The number of ether oxygens (including phenoxy) is 3. The summed E-state index contributed by atoms with van der Waals surface area (Å²) in [5.74, 6) is -1.95. The van der Waals surface area contributed by atoms with Crippen LogP contribution in [0.5, 0.6) is 5.75 Å². The molecule has 0 amide bonds. The Morgan fingerprint density at radius 1 is 1.09 bits per heavy atom. The number of hydrogen-bond donors (Lipinski definition) is 0. The zero-order chi connectivity index (χ0) is 15.9. The van der Waals surface area contributed by atoms with Gasteiger partial charge in [0.05, 0.1) is 7.11 Å². The summed E-state index contributed by atoms with van der Waals surface area (Å²) in [6.45, 7) is 3.05. The van der Waals surface area contributed by atoms with Gasteiger partial charge in [0, 0.05) is 19.4 Å². The summed E-state index contributed by atoms with van der Waals surface area (Å²) in [6, 6.07) is 3.94. The van der Waals surface area contributed by atoms with Gasteiger partial charge in [0.25, 0.3) is 5.79 Å². The van der Waals surface area contributed by atoms with Crippen molar-refractivity contribution in [3.8, 4) is 5.75 Å². The molecule has 0 unspecified atom stereocenters. The number of esters is 2. The Morgan fingerprint density at radius 2 is 1.68 bits per heavy atom. The number of benzene rings is 1. The Morgan fingerprint density at radius 3 is 2.27 bits per heavy atom. The quantitative estimate of drug-likeness (QED) is 0.477. The van der Waals surface area contributed by atoms with Crippen LogP contribution in [0.15, 0.2) is 17.7 Å². The standard InChI is InChI=1S/C17H18O5/c1-17(2)21-15(18)13(16(19)22-17)8-12-7-10-5-4-6-11(10)9-14(12)20-3/h7-9H,4-6H2,1-3H3. The van der Waals surface area contributed by atoms with Crippen molar-refractivity contribution >= 4 is 18.0 Å². The molecule has 0 atom stereocenters. The molecule has 0 radical (unpaired) electrons. The Balaban J connectivity index is 2.01. The molecule has 1 aliphatic carbocycles. The lowest BCUT2D eigenvalue weighted by Gasteiger charge is -2.29. The first-order valence-electron chi connectivity index (χ1n) is 7.28. The average molecular weight is 302 g/mol. The van der Waals surface area contributed by atoms with Gasteiger partial charge in [-0.3, -0.25) is 0 Å². The molecule has 5 heteroatoms. The van der Waals surface area contributed by atoms with E-state index in [-0.39, 0.29) is 5.57 Å². The molecule has 1 aliphatic heterocycles. The number of fused-ring (bicyclic) bond motifs is 1. The number of carbonyl (C=O) groups is 2. The normalized spacial score (nSPS) is 19.3. The average Bonchev–Trinajstić information content (AvgIpc) is 2.87. The van der Waals surface area contributed by atoms with E-state index in [0.717, 1.165) is 19.3 Å². The van der Waals surface area contributed by atoms with E-state index in [9.17, 15) is 9.59 Å². The summed E-state index contributed by atoms with van der Waals surface area (Å²) in [5.41, 5.74) is 3.06. The second kappa shape index (κ2) is 5.16. The molecule has 0 aromatic heterocycles. The fourth-order valence-corrected chi connectivity index (χ4v) is 2.84. The number of aryl methyl sites for hydroxylation is 2. The first-order valence-corrected chi connectivity index (χ1v) is 7.28. The Hall–Kier alpha value is -2.30. The van der Waals surface area contributed by atoms with Crippen LogP contribution in [0, 0.1) is 0 Å². The summed E-state index contributed by atoms with van der Waals surface area (Å²) in [6.07, 6.45) is 4.62. The number of methoxy groups -OCH3 is 1. The molecule has 22 heavy (non-hydrogen) atoms. The molecule has 0 spiro atoms. The van der Waals surface area contributed by atoms with E-state index in [0.29, 0.717) is 11.3 Å². The van der Waals surface area contributed by atoms with E-state index in [1.807, 2.05) is 12.1 Å². The van der Waals surface area contributed by atoms with Crippen LogP contribution in [0.4, 0.5) is 0 Å². The van der Waals surface area contributed by atoms with Crippen LogP contribution in [-0.2, 0) is 31.9 Å². The van der Waals surface area contributed by atoms with Crippen LogP contribution in [0.2, 0.25) is 0 Å². The predicted octanol–water partition coefficient (Wildman–Crippen LogP) is 2.40. The van der Waals surface area contributed by atoms with Gasteiger partial charge in [0.1, 0.15) is 11.3 Å². The molecule has 1 aromatic rings. The third-order valence-electron chi connectivity index (χ3n) is 3.86. The smallest absolute Gasteiger partial charge is 0.348 e. The van der Waals surface area contributed by atoms with Crippen molar-refractivity contribution in [2.45, 2.75) is 38.9 Å². The maximum atomic E-state index is 12.0. The van der Waals surface area contributed by atoms with Gasteiger partial charge < -0.3 is 14.2 Å². The van der Waals surface area contributed by atoms with Crippen LogP contribution in [-0.4, -0.2) is 24.8 Å². The number of carbonyl (C=O) groups excluding carboxylic acids is 2. The minimum Gasteiger partial charge on any atom is -0.496 e. The number of hydrogen-bond acceptors (Lipinski definition) is 5. The Bertz CT molecular complexity index is 663. The molecule has 0 saturated carbocycles.